The van der Waals surface area contributed by atoms with Gasteiger partial charge in [0.25, 0.3) is 0 Å². The van der Waals surface area contributed by atoms with Crippen LogP contribution in [0.1, 0.15) is 13.3 Å². The van der Waals surface area contributed by atoms with Crippen LogP contribution in [0.15, 0.2) is 12.2 Å². The lowest BCUT2D eigenvalue weighted by Crippen LogP contribution is -2.08. The average molecular weight is 304 g/mol. The second-order valence-corrected chi connectivity index (χ2v) is 5.97. The van der Waals surface area contributed by atoms with Crippen LogP contribution in [-0.4, -0.2) is 33.9 Å². The van der Waals surface area contributed by atoms with E-state index in [1.165, 1.54) is 6.92 Å². The Kier molecular flexibility index (Phi) is 6.94. The molecule has 0 aliphatic carbocycles. The minimum absolute atomic E-state index is 0.0497. The van der Waals surface area contributed by atoms with E-state index >= 15 is 0 Å². The summed E-state index contributed by atoms with van der Waals surface area (Å²) in [6.45, 7) is 4.32. The summed E-state index contributed by atoms with van der Waals surface area (Å²) >= 11 is 0. The molecule has 0 amide bonds. The van der Waals surface area contributed by atoms with Crippen molar-refractivity contribution in [2.45, 2.75) is 13.3 Å². The molecule has 0 radical (unpaired) electrons. The maximum absolute atomic E-state index is 10.9. The fraction of sp³-hybridized carbons (Fsp3) is 0.571. The van der Waals surface area contributed by atoms with Crippen LogP contribution in [0.4, 0.5) is 0 Å². The molecule has 0 bridgehead atoms. The Morgan fingerprint density at radius 3 is 2.22 bits per heavy atom. The van der Waals surface area contributed by atoms with Gasteiger partial charge in [-0.05, 0) is 6.92 Å². The number of hydrogen-bond donors (Lipinski definition) is 3. The fourth-order valence-electron chi connectivity index (χ4n) is 0.685. The second-order valence-electron chi connectivity index (χ2n) is 3.14. The molecule has 11 heteroatoms. The van der Waals surface area contributed by atoms with Crippen LogP contribution in [0.25, 0.3) is 0 Å². The van der Waals surface area contributed by atoms with Crippen LogP contribution in [0.2, 0.25) is 0 Å². The van der Waals surface area contributed by atoms with Gasteiger partial charge in [-0.2, -0.15) is 4.31 Å². The van der Waals surface area contributed by atoms with Crippen LogP contribution in [0, 0.1) is 0 Å². The summed E-state index contributed by atoms with van der Waals surface area (Å²) in [5, 5.41) is 0. The number of carbonyl (C=O) groups is 1. The highest BCUT2D eigenvalue weighted by Gasteiger charge is 2.31. The van der Waals surface area contributed by atoms with E-state index in [2.05, 4.69) is 20.2 Å². The first-order valence-electron chi connectivity index (χ1n) is 4.60. The van der Waals surface area contributed by atoms with Crippen LogP contribution < -0.4 is 0 Å². The lowest BCUT2D eigenvalue weighted by atomic mass is 10.4. The summed E-state index contributed by atoms with van der Waals surface area (Å²) in [4.78, 5) is 36.3. The Morgan fingerprint density at radius 1 is 1.22 bits per heavy atom. The standard InChI is InChI=1S/C7H14O9P2/c1-6(2)7(8)14-4-3-5-15-18(12,13)16-17(9,10)11/h1,3-5H2,2H3,(H,12,13)(H2,9,10,11). The highest BCUT2D eigenvalue weighted by Crippen LogP contribution is 2.57. The van der Waals surface area contributed by atoms with Crippen molar-refractivity contribution >= 4 is 21.6 Å². The minimum atomic E-state index is -5.11. The molecule has 1 unspecified atom stereocenters. The Balaban J connectivity index is 3.85. The average Bonchev–Trinajstić information content (AvgIpc) is 2.12. The fourth-order valence-corrected chi connectivity index (χ4v) is 2.31. The maximum Gasteiger partial charge on any atom is 0.481 e. The van der Waals surface area contributed by atoms with Gasteiger partial charge in [0.2, 0.25) is 0 Å². The van der Waals surface area contributed by atoms with Crippen molar-refractivity contribution < 1.29 is 42.2 Å². The third kappa shape index (κ3) is 9.49. The van der Waals surface area contributed by atoms with Crippen molar-refractivity contribution in [1.82, 2.24) is 0 Å². The van der Waals surface area contributed by atoms with Gasteiger partial charge >= 0.3 is 21.6 Å². The molecule has 3 N–H and O–H groups in total. The van der Waals surface area contributed by atoms with E-state index in [1.807, 2.05) is 0 Å². The Bertz CT molecular complexity index is 398. The molecule has 0 spiro atoms. The normalized spacial score (nSPS) is 14.9. The zero-order chi connectivity index (χ0) is 14.4. The molecule has 0 fully saturated rings. The van der Waals surface area contributed by atoms with Crippen molar-refractivity contribution in [1.29, 1.82) is 0 Å². The second kappa shape index (κ2) is 7.16. The minimum Gasteiger partial charge on any atom is -0.462 e. The van der Waals surface area contributed by atoms with E-state index in [4.69, 9.17) is 14.7 Å². The third-order valence-corrected chi connectivity index (χ3v) is 3.52. The number of ether oxygens (including phenoxy) is 1. The Morgan fingerprint density at radius 2 is 1.78 bits per heavy atom. The highest BCUT2D eigenvalue weighted by atomic mass is 31.3. The van der Waals surface area contributed by atoms with Crippen LogP contribution in [-0.2, 0) is 27.5 Å². The summed E-state index contributed by atoms with van der Waals surface area (Å²) in [5.41, 5.74) is 0.202. The van der Waals surface area contributed by atoms with E-state index in [-0.39, 0.29) is 25.2 Å². The number of phosphoric acid groups is 2. The first-order valence-corrected chi connectivity index (χ1v) is 7.63. The van der Waals surface area contributed by atoms with Crippen LogP contribution in [0.3, 0.4) is 0 Å². The molecule has 0 aliphatic heterocycles. The van der Waals surface area contributed by atoms with Crippen molar-refractivity contribution in [2.75, 3.05) is 13.2 Å². The number of hydrogen-bond acceptors (Lipinski definition) is 6. The molecule has 0 aromatic heterocycles. The number of rotatable bonds is 8. The van der Waals surface area contributed by atoms with Crippen molar-refractivity contribution in [2.24, 2.45) is 0 Å². The maximum atomic E-state index is 10.9. The Labute approximate surface area is 103 Å². The summed E-state index contributed by atoms with van der Waals surface area (Å²) < 4.78 is 33.6. The quantitative estimate of drug-likeness (QED) is 0.256. The lowest BCUT2D eigenvalue weighted by molar-refractivity contribution is -0.139. The van der Waals surface area contributed by atoms with Gasteiger partial charge in [0.15, 0.2) is 0 Å². The highest BCUT2D eigenvalue weighted by molar-refractivity contribution is 7.60. The van der Waals surface area contributed by atoms with Crippen LogP contribution in [0.5, 0.6) is 0 Å². The molecule has 0 rings (SSSR count). The van der Waals surface area contributed by atoms with Gasteiger partial charge in [-0.15, -0.1) is 0 Å². The van der Waals surface area contributed by atoms with E-state index < -0.39 is 21.6 Å². The van der Waals surface area contributed by atoms with Gasteiger partial charge < -0.3 is 19.4 Å². The van der Waals surface area contributed by atoms with Gasteiger partial charge in [0.05, 0.1) is 13.2 Å². The van der Waals surface area contributed by atoms with Gasteiger partial charge in [0.1, 0.15) is 0 Å². The van der Waals surface area contributed by atoms with Crippen molar-refractivity contribution in [3.63, 3.8) is 0 Å². The van der Waals surface area contributed by atoms with E-state index in [1.54, 1.807) is 0 Å². The molecule has 0 aromatic rings. The van der Waals surface area contributed by atoms with Crippen molar-refractivity contribution in [3.05, 3.63) is 12.2 Å². The van der Waals surface area contributed by atoms with E-state index in [0.717, 1.165) is 0 Å². The first kappa shape index (κ1) is 17.5. The SMILES string of the molecule is C=C(C)C(=O)OCCCOP(=O)(O)OP(=O)(O)O. The molecule has 0 heterocycles. The monoisotopic (exact) mass is 304 g/mol. The topological polar surface area (TPSA) is 140 Å². The Hall–Kier alpha value is -0.530. The van der Waals surface area contributed by atoms with Crippen LogP contribution >= 0.6 is 15.6 Å². The largest absolute Gasteiger partial charge is 0.481 e. The predicted molar refractivity (Wildman–Crippen MR) is 59.3 cm³/mol. The molecule has 0 aromatic carbocycles. The molecule has 1 atom stereocenters. The summed E-state index contributed by atoms with van der Waals surface area (Å²) in [6.07, 6.45) is 0.0497. The first-order chi connectivity index (χ1) is 8.03. The molecule has 18 heavy (non-hydrogen) atoms. The molecular formula is C7H14O9P2. The molecule has 0 saturated carbocycles. The molecule has 0 saturated heterocycles. The molecule has 9 nitrogen and oxygen atoms in total. The smallest absolute Gasteiger partial charge is 0.462 e. The summed E-state index contributed by atoms with van der Waals surface area (Å²) in [5.74, 6) is -0.617. The van der Waals surface area contributed by atoms with Crippen molar-refractivity contribution in [3.8, 4) is 0 Å². The summed E-state index contributed by atoms with van der Waals surface area (Å²) in [7, 11) is -9.92. The molecular weight excluding hydrogens is 290 g/mol. The zero-order valence-corrected chi connectivity index (χ0v) is 11.3. The number of carbonyl (C=O) groups excluding carboxylic acids is 1. The van der Waals surface area contributed by atoms with E-state index in [9.17, 15) is 13.9 Å². The zero-order valence-electron chi connectivity index (χ0n) is 9.51. The number of esters is 1. The van der Waals surface area contributed by atoms with Gasteiger partial charge in [-0.1, -0.05) is 6.58 Å². The third-order valence-electron chi connectivity index (χ3n) is 1.33. The van der Waals surface area contributed by atoms with Gasteiger partial charge in [0, 0.05) is 12.0 Å². The number of phosphoric ester groups is 1. The summed E-state index contributed by atoms with van der Waals surface area (Å²) in [6, 6.07) is 0. The van der Waals surface area contributed by atoms with Gasteiger partial charge in [-0.3, -0.25) is 4.52 Å². The van der Waals surface area contributed by atoms with Gasteiger partial charge in [-0.25, -0.2) is 13.9 Å². The molecule has 0 aliphatic rings. The lowest BCUT2D eigenvalue weighted by Gasteiger charge is -2.12. The van der Waals surface area contributed by atoms with E-state index in [0.29, 0.717) is 0 Å². The molecule has 106 valence electrons. The predicted octanol–water partition coefficient (Wildman–Crippen LogP) is 0.722.